The summed E-state index contributed by atoms with van der Waals surface area (Å²) in [7, 11) is 0. The first-order valence-corrected chi connectivity index (χ1v) is 13.5. The minimum absolute atomic E-state index is 0.0152. The number of fused-ring (bicyclic) bond motifs is 1. The third-order valence-electron chi connectivity index (χ3n) is 5.74. The molecule has 0 aliphatic rings. The second-order valence-corrected chi connectivity index (χ2v) is 10.3. The summed E-state index contributed by atoms with van der Waals surface area (Å²) in [6.45, 7) is 1.55. The first kappa shape index (κ1) is 26.0. The van der Waals surface area contributed by atoms with Crippen molar-refractivity contribution in [1.82, 2.24) is 25.1 Å². The van der Waals surface area contributed by atoms with E-state index in [0.717, 1.165) is 15.9 Å². The van der Waals surface area contributed by atoms with E-state index in [9.17, 15) is 19.7 Å². The average molecular weight is 560 g/mol. The number of thioether (sulfide) groups is 1. The van der Waals surface area contributed by atoms with E-state index < -0.39 is 10.8 Å². The number of nitrogens with one attached hydrogen (secondary N) is 2. The summed E-state index contributed by atoms with van der Waals surface area (Å²) < 4.78 is 2.74. The van der Waals surface area contributed by atoms with Gasteiger partial charge in [0.2, 0.25) is 5.91 Å². The molecule has 0 unspecified atom stereocenters. The fraction of sp³-hybridized carbons (Fsp3) is 0.115. The molecule has 0 aliphatic heterocycles. The molecule has 2 heterocycles. The highest BCUT2D eigenvalue weighted by Gasteiger charge is 2.20. The van der Waals surface area contributed by atoms with Crippen molar-refractivity contribution in [3.63, 3.8) is 0 Å². The van der Waals surface area contributed by atoms with Crippen molar-refractivity contribution < 1.29 is 14.5 Å². The maximum Gasteiger partial charge on any atom is 0.273 e. The van der Waals surface area contributed by atoms with Gasteiger partial charge in [0.05, 0.1) is 27.4 Å². The summed E-state index contributed by atoms with van der Waals surface area (Å²) in [4.78, 5) is 40.7. The summed E-state index contributed by atoms with van der Waals surface area (Å²) >= 11 is 2.60. The minimum Gasteiger partial charge on any atom is -0.345 e. The molecule has 2 amide bonds. The molecular weight excluding hydrogens is 538 g/mol. The number of rotatable bonds is 9. The predicted molar refractivity (Wildman–Crippen MR) is 149 cm³/mol. The lowest BCUT2D eigenvalue weighted by atomic mass is 10.1. The number of hydrogen-bond donors (Lipinski definition) is 2. The zero-order valence-corrected chi connectivity index (χ0v) is 22.2. The van der Waals surface area contributed by atoms with Gasteiger partial charge in [0.25, 0.3) is 11.6 Å². The Bertz CT molecular complexity index is 1650. The molecule has 2 aromatic heterocycles. The normalized spacial score (nSPS) is 10.9. The van der Waals surface area contributed by atoms with Crippen molar-refractivity contribution in [1.29, 1.82) is 0 Å². The van der Waals surface area contributed by atoms with E-state index in [1.54, 1.807) is 4.57 Å². The number of nitro benzene ring substituents is 1. The van der Waals surface area contributed by atoms with Crippen LogP contribution in [0.25, 0.3) is 15.9 Å². The minimum atomic E-state index is -0.519. The van der Waals surface area contributed by atoms with Crippen LogP contribution in [0.15, 0.2) is 78.0 Å². The van der Waals surface area contributed by atoms with Gasteiger partial charge in [-0.2, -0.15) is 0 Å². The Morgan fingerprint density at radius 2 is 1.79 bits per heavy atom. The number of benzene rings is 3. The fourth-order valence-electron chi connectivity index (χ4n) is 3.88. The summed E-state index contributed by atoms with van der Waals surface area (Å²) in [5.74, 6) is -0.201. The predicted octanol–water partition coefficient (Wildman–Crippen LogP) is 4.75. The van der Waals surface area contributed by atoms with Gasteiger partial charge in [-0.3, -0.25) is 24.3 Å². The number of hydrogen-bond acceptors (Lipinski definition) is 9. The highest BCUT2D eigenvalue weighted by Crippen LogP contribution is 2.27. The molecule has 0 aliphatic carbocycles. The molecule has 13 heteroatoms. The van der Waals surface area contributed by atoms with Crippen molar-refractivity contribution in [3.05, 3.63) is 99.9 Å². The van der Waals surface area contributed by atoms with Crippen molar-refractivity contribution in [2.45, 2.75) is 18.6 Å². The lowest BCUT2D eigenvalue weighted by Crippen LogP contribution is -2.25. The van der Waals surface area contributed by atoms with Crippen LogP contribution in [-0.2, 0) is 11.3 Å². The lowest BCUT2D eigenvalue weighted by molar-refractivity contribution is -0.385. The molecule has 5 rings (SSSR count). The SMILES string of the molecule is Cc1c(C(=O)NCc2nnc(SCC(=O)Nc3nc4ccccc4s3)n2-c2ccccc2)cccc1[N+](=O)[O-]. The maximum absolute atomic E-state index is 12.9. The van der Waals surface area contributed by atoms with Crippen LogP contribution >= 0.6 is 23.1 Å². The largest absolute Gasteiger partial charge is 0.345 e. The molecule has 0 bridgehead atoms. The summed E-state index contributed by atoms with van der Waals surface area (Å²) in [6.07, 6.45) is 0. The molecule has 2 N–H and O–H groups in total. The molecule has 39 heavy (non-hydrogen) atoms. The van der Waals surface area contributed by atoms with Crippen LogP contribution in [0.1, 0.15) is 21.7 Å². The van der Waals surface area contributed by atoms with Gasteiger partial charge in [0.15, 0.2) is 16.1 Å². The molecule has 0 fully saturated rings. The average Bonchev–Trinajstić information content (AvgIpc) is 3.54. The summed E-state index contributed by atoms with van der Waals surface area (Å²) in [5, 5.41) is 26.3. The third-order valence-corrected chi connectivity index (χ3v) is 7.62. The van der Waals surface area contributed by atoms with Crippen molar-refractivity contribution in [2.75, 3.05) is 11.1 Å². The van der Waals surface area contributed by atoms with Gasteiger partial charge in [-0.25, -0.2) is 4.98 Å². The maximum atomic E-state index is 12.9. The van der Waals surface area contributed by atoms with Crippen LogP contribution < -0.4 is 10.6 Å². The molecule has 0 radical (unpaired) electrons. The van der Waals surface area contributed by atoms with Crippen LogP contribution in [0.2, 0.25) is 0 Å². The molecule has 0 spiro atoms. The molecule has 5 aromatic rings. The second-order valence-electron chi connectivity index (χ2n) is 8.28. The smallest absolute Gasteiger partial charge is 0.273 e. The summed E-state index contributed by atoms with van der Waals surface area (Å²) in [6, 6.07) is 21.3. The number of para-hydroxylation sites is 2. The second kappa shape index (κ2) is 11.4. The molecule has 196 valence electrons. The number of carbonyl (C=O) groups is 2. The Hall–Kier alpha value is -4.62. The number of amides is 2. The van der Waals surface area contributed by atoms with Gasteiger partial charge in [-0.1, -0.05) is 59.5 Å². The van der Waals surface area contributed by atoms with E-state index in [2.05, 4.69) is 25.8 Å². The molecule has 3 aromatic carbocycles. The quantitative estimate of drug-likeness (QED) is 0.149. The molecule has 11 nitrogen and oxygen atoms in total. The van der Waals surface area contributed by atoms with E-state index in [1.807, 2.05) is 54.6 Å². The highest BCUT2D eigenvalue weighted by molar-refractivity contribution is 7.99. The lowest BCUT2D eigenvalue weighted by Gasteiger charge is -2.11. The Labute approximate surface area is 230 Å². The standard InChI is InChI=1S/C26H21N7O4S2/c1-16-18(10-7-12-20(16)33(36)37)24(35)27-14-22-30-31-26(32(22)17-8-3-2-4-9-17)38-15-23(34)29-25-28-19-11-5-6-13-21(19)39-25/h2-13H,14-15H2,1H3,(H,27,35)(H,28,29,34). The van der Waals surface area contributed by atoms with Gasteiger partial charge in [-0.05, 0) is 37.3 Å². The molecule has 0 saturated heterocycles. The molecule has 0 saturated carbocycles. The number of thiazole rings is 1. The van der Waals surface area contributed by atoms with E-state index in [-0.39, 0.29) is 35.0 Å². The van der Waals surface area contributed by atoms with Crippen LogP contribution in [0, 0.1) is 17.0 Å². The van der Waals surface area contributed by atoms with E-state index >= 15 is 0 Å². The van der Waals surface area contributed by atoms with Crippen LogP contribution in [-0.4, -0.2) is 42.2 Å². The Morgan fingerprint density at radius 1 is 1.03 bits per heavy atom. The van der Waals surface area contributed by atoms with Gasteiger partial charge in [0.1, 0.15) is 0 Å². The first-order chi connectivity index (χ1) is 18.9. The van der Waals surface area contributed by atoms with E-state index in [1.165, 1.54) is 48.2 Å². The van der Waals surface area contributed by atoms with Crippen LogP contribution in [0.4, 0.5) is 10.8 Å². The van der Waals surface area contributed by atoms with Crippen LogP contribution in [0.5, 0.6) is 0 Å². The Balaban J connectivity index is 1.31. The van der Waals surface area contributed by atoms with Gasteiger partial charge >= 0.3 is 0 Å². The van der Waals surface area contributed by atoms with Gasteiger partial charge in [-0.15, -0.1) is 10.2 Å². The van der Waals surface area contributed by atoms with Crippen molar-refractivity contribution in [2.24, 2.45) is 0 Å². The number of carbonyl (C=O) groups excluding carboxylic acids is 2. The Kier molecular flexibility index (Phi) is 7.61. The first-order valence-electron chi connectivity index (χ1n) is 11.7. The topological polar surface area (TPSA) is 145 Å². The zero-order chi connectivity index (χ0) is 27.4. The van der Waals surface area contributed by atoms with Gasteiger partial charge < -0.3 is 10.6 Å². The fourth-order valence-corrected chi connectivity index (χ4v) is 5.53. The zero-order valence-electron chi connectivity index (χ0n) is 20.5. The highest BCUT2D eigenvalue weighted by atomic mass is 32.2. The Morgan fingerprint density at radius 3 is 2.56 bits per heavy atom. The molecular formula is C26H21N7O4S2. The van der Waals surface area contributed by atoms with Crippen LogP contribution in [0.3, 0.4) is 0 Å². The van der Waals surface area contributed by atoms with Crippen molar-refractivity contribution >= 4 is 55.9 Å². The number of nitro groups is 1. The monoisotopic (exact) mass is 559 g/mol. The number of nitrogens with zero attached hydrogens (tertiary/aromatic N) is 5. The third kappa shape index (κ3) is 5.78. The number of aromatic nitrogens is 4. The van der Waals surface area contributed by atoms with E-state index in [4.69, 9.17) is 0 Å². The van der Waals surface area contributed by atoms with Gasteiger partial charge in [0, 0.05) is 22.9 Å². The summed E-state index contributed by atoms with van der Waals surface area (Å²) in [5.41, 5.74) is 1.93. The molecule has 0 atom stereocenters. The number of anilines is 1. The van der Waals surface area contributed by atoms with E-state index in [0.29, 0.717) is 16.1 Å². The van der Waals surface area contributed by atoms with Crippen molar-refractivity contribution in [3.8, 4) is 5.69 Å².